The molecule has 1 aliphatic heterocycles. The van der Waals surface area contributed by atoms with Crippen LogP contribution in [0.25, 0.3) is 56.0 Å². The molecular formula is C26H22N8S. The van der Waals surface area contributed by atoms with E-state index in [4.69, 9.17) is 4.98 Å². The van der Waals surface area contributed by atoms with Crippen LogP contribution in [0.4, 0.5) is 0 Å². The number of likely N-dealkylation sites (tertiary alicyclic amines) is 1. The highest BCUT2D eigenvalue weighted by atomic mass is 32.1. The van der Waals surface area contributed by atoms with Gasteiger partial charge < -0.3 is 4.98 Å². The summed E-state index contributed by atoms with van der Waals surface area (Å²) in [4.78, 5) is 24.4. The molecule has 0 unspecified atom stereocenters. The number of aromatic amines is 2. The average molecular weight is 479 g/mol. The summed E-state index contributed by atoms with van der Waals surface area (Å²) in [6.07, 6.45) is 10.1. The van der Waals surface area contributed by atoms with E-state index in [1.165, 1.54) is 18.4 Å². The molecule has 0 aliphatic carbocycles. The van der Waals surface area contributed by atoms with Gasteiger partial charge in [0.2, 0.25) is 0 Å². The van der Waals surface area contributed by atoms with Crippen LogP contribution in [0.1, 0.15) is 18.4 Å². The van der Waals surface area contributed by atoms with Gasteiger partial charge in [-0.25, -0.2) is 15.0 Å². The monoisotopic (exact) mass is 478 g/mol. The summed E-state index contributed by atoms with van der Waals surface area (Å²) in [6.45, 7) is 3.26. The Morgan fingerprint density at radius 2 is 1.86 bits per heavy atom. The van der Waals surface area contributed by atoms with Crippen molar-refractivity contribution in [2.24, 2.45) is 0 Å². The van der Waals surface area contributed by atoms with E-state index in [1.807, 2.05) is 30.9 Å². The lowest BCUT2D eigenvalue weighted by Gasteiger charge is -2.14. The molecule has 1 fully saturated rings. The molecule has 0 amide bonds. The molecule has 172 valence electrons. The molecule has 7 heterocycles. The van der Waals surface area contributed by atoms with E-state index in [0.29, 0.717) is 5.82 Å². The van der Waals surface area contributed by atoms with E-state index in [2.05, 4.69) is 64.0 Å². The number of pyridine rings is 3. The van der Waals surface area contributed by atoms with Gasteiger partial charge in [-0.1, -0.05) is 0 Å². The molecule has 1 aliphatic rings. The van der Waals surface area contributed by atoms with E-state index in [-0.39, 0.29) is 0 Å². The number of imidazole rings is 1. The van der Waals surface area contributed by atoms with Gasteiger partial charge in [0.25, 0.3) is 0 Å². The maximum Gasteiger partial charge on any atom is 0.161 e. The lowest BCUT2D eigenvalue weighted by atomic mass is 10.1. The molecule has 9 heteroatoms. The summed E-state index contributed by atoms with van der Waals surface area (Å²) in [5.74, 6) is 0.668. The number of hydrogen-bond donors (Lipinski definition) is 2. The molecule has 6 aromatic rings. The second-order valence-electron chi connectivity index (χ2n) is 8.91. The molecule has 7 rings (SSSR count). The van der Waals surface area contributed by atoms with E-state index in [1.54, 1.807) is 11.3 Å². The van der Waals surface area contributed by atoms with Crippen molar-refractivity contribution < 1.29 is 0 Å². The summed E-state index contributed by atoms with van der Waals surface area (Å²) in [7, 11) is 0. The van der Waals surface area contributed by atoms with Crippen LogP contribution in [0.5, 0.6) is 0 Å². The number of hydrogen-bond acceptors (Lipinski definition) is 7. The normalized spacial score (nSPS) is 14.4. The molecule has 2 N–H and O–H groups in total. The van der Waals surface area contributed by atoms with Crippen molar-refractivity contribution in [3.05, 3.63) is 65.4 Å². The molecule has 0 spiro atoms. The Balaban J connectivity index is 1.28. The zero-order chi connectivity index (χ0) is 23.2. The predicted octanol–water partition coefficient (Wildman–Crippen LogP) is 5.28. The Morgan fingerprint density at radius 1 is 0.943 bits per heavy atom. The Bertz CT molecular complexity index is 1640. The van der Waals surface area contributed by atoms with Crippen molar-refractivity contribution in [3.63, 3.8) is 0 Å². The second kappa shape index (κ2) is 8.37. The molecular weight excluding hydrogens is 456 g/mol. The van der Waals surface area contributed by atoms with E-state index >= 15 is 0 Å². The molecule has 0 bridgehead atoms. The average Bonchev–Trinajstić information content (AvgIpc) is 3.70. The summed E-state index contributed by atoms with van der Waals surface area (Å²) >= 11 is 1.67. The molecule has 0 aromatic carbocycles. The quantitative estimate of drug-likeness (QED) is 0.350. The first-order valence-corrected chi connectivity index (χ1v) is 12.6. The third-order valence-electron chi connectivity index (χ3n) is 6.59. The minimum absolute atomic E-state index is 0.668. The zero-order valence-corrected chi connectivity index (χ0v) is 19.7. The fourth-order valence-corrected chi connectivity index (χ4v) is 5.50. The minimum atomic E-state index is 0.668. The van der Waals surface area contributed by atoms with Gasteiger partial charge in [-0.05, 0) is 72.1 Å². The fraction of sp³-hybridized carbons (Fsp3) is 0.192. The first-order chi connectivity index (χ1) is 17.3. The Kier molecular flexibility index (Phi) is 4.88. The van der Waals surface area contributed by atoms with E-state index in [0.717, 1.165) is 69.8 Å². The third kappa shape index (κ3) is 3.69. The highest BCUT2D eigenvalue weighted by Crippen LogP contribution is 2.32. The summed E-state index contributed by atoms with van der Waals surface area (Å²) in [6, 6.07) is 8.42. The van der Waals surface area contributed by atoms with Crippen molar-refractivity contribution in [3.8, 4) is 33.8 Å². The zero-order valence-electron chi connectivity index (χ0n) is 18.9. The van der Waals surface area contributed by atoms with Gasteiger partial charge >= 0.3 is 0 Å². The Hall–Kier alpha value is -3.95. The van der Waals surface area contributed by atoms with E-state index < -0.39 is 0 Å². The molecule has 6 aromatic heterocycles. The van der Waals surface area contributed by atoms with Crippen LogP contribution in [-0.4, -0.2) is 53.1 Å². The van der Waals surface area contributed by atoms with Crippen LogP contribution in [0.15, 0.2) is 59.8 Å². The van der Waals surface area contributed by atoms with Crippen molar-refractivity contribution in [1.82, 2.24) is 40.0 Å². The van der Waals surface area contributed by atoms with Gasteiger partial charge in [-0.3, -0.25) is 15.0 Å². The smallest absolute Gasteiger partial charge is 0.161 e. The van der Waals surface area contributed by atoms with Crippen molar-refractivity contribution in [2.75, 3.05) is 13.1 Å². The van der Waals surface area contributed by atoms with Crippen LogP contribution < -0.4 is 0 Å². The predicted molar refractivity (Wildman–Crippen MR) is 138 cm³/mol. The van der Waals surface area contributed by atoms with Gasteiger partial charge in [-0.15, -0.1) is 0 Å². The summed E-state index contributed by atoms with van der Waals surface area (Å²) in [5, 5.41) is 12.7. The lowest BCUT2D eigenvalue weighted by Crippen LogP contribution is -2.18. The number of aromatic nitrogens is 7. The van der Waals surface area contributed by atoms with Gasteiger partial charge in [0.05, 0.1) is 5.39 Å². The number of nitrogens with zero attached hydrogens (tertiary/aromatic N) is 6. The van der Waals surface area contributed by atoms with E-state index in [9.17, 15) is 0 Å². The lowest BCUT2D eigenvalue weighted by molar-refractivity contribution is 0.331. The largest absolute Gasteiger partial charge is 0.321 e. The number of thiophene rings is 1. The summed E-state index contributed by atoms with van der Waals surface area (Å²) < 4.78 is 0. The number of nitrogens with one attached hydrogen (secondary N) is 2. The van der Waals surface area contributed by atoms with Crippen LogP contribution in [0.2, 0.25) is 0 Å². The Morgan fingerprint density at radius 3 is 2.74 bits per heavy atom. The van der Waals surface area contributed by atoms with Crippen molar-refractivity contribution >= 4 is 33.5 Å². The van der Waals surface area contributed by atoms with Gasteiger partial charge in [0.1, 0.15) is 11.2 Å². The number of H-pyrrole nitrogens is 2. The maximum atomic E-state index is 4.89. The van der Waals surface area contributed by atoms with Gasteiger partial charge in [-0.2, -0.15) is 16.4 Å². The van der Waals surface area contributed by atoms with Crippen molar-refractivity contribution in [2.45, 2.75) is 19.4 Å². The SMILES string of the molecule is c1cc(-c2ccsc2)c2nc(-c3n[nH]c4ncc(-c5cncc(CN6CCCC6)c5)cc34)[nH]c2n1. The fourth-order valence-electron chi connectivity index (χ4n) is 4.85. The highest BCUT2D eigenvalue weighted by molar-refractivity contribution is 7.08. The molecule has 0 atom stereocenters. The number of rotatable bonds is 5. The number of fused-ring (bicyclic) bond motifs is 2. The molecule has 35 heavy (non-hydrogen) atoms. The third-order valence-corrected chi connectivity index (χ3v) is 7.27. The molecule has 0 saturated carbocycles. The highest BCUT2D eigenvalue weighted by Gasteiger charge is 2.18. The standard InChI is InChI=1S/C26H22N8S/c1-2-7-34(6-1)14-16-9-18(12-27-11-16)19-10-21-23(32-33-24(21)29-13-19)26-30-22-20(17-4-8-35-15-17)3-5-28-25(22)31-26/h3-5,8-13,15H,1-2,6-7,14H2,(H,28,30,31)(H,29,32,33). The van der Waals surface area contributed by atoms with Crippen LogP contribution >= 0.6 is 11.3 Å². The molecule has 8 nitrogen and oxygen atoms in total. The first-order valence-electron chi connectivity index (χ1n) is 11.7. The topological polar surface area (TPSA) is 99.3 Å². The van der Waals surface area contributed by atoms with Crippen LogP contribution in [0, 0.1) is 0 Å². The first kappa shape index (κ1) is 20.4. The van der Waals surface area contributed by atoms with Crippen LogP contribution in [-0.2, 0) is 6.54 Å². The summed E-state index contributed by atoms with van der Waals surface area (Å²) in [5.41, 5.74) is 8.49. The molecule has 1 saturated heterocycles. The maximum absolute atomic E-state index is 4.89. The Labute approximate surface area is 205 Å². The second-order valence-corrected chi connectivity index (χ2v) is 9.69. The minimum Gasteiger partial charge on any atom is -0.321 e. The van der Waals surface area contributed by atoms with Crippen molar-refractivity contribution in [1.29, 1.82) is 0 Å². The van der Waals surface area contributed by atoms with Gasteiger partial charge in [0, 0.05) is 48.0 Å². The van der Waals surface area contributed by atoms with Crippen LogP contribution in [0.3, 0.4) is 0 Å². The van der Waals surface area contributed by atoms with Gasteiger partial charge in [0.15, 0.2) is 17.1 Å². The molecule has 0 radical (unpaired) electrons.